The lowest BCUT2D eigenvalue weighted by molar-refractivity contribution is 0.0938. The van der Waals surface area contributed by atoms with Crippen LogP contribution in [0.1, 0.15) is 28.9 Å². The van der Waals surface area contributed by atoms with E-state index in [2.05, 4.69) is 20.4 Å². The molecule has 2 heterocycles. The summed E-state index contributed by atoms with van der Waals surface area (Å²) in [5.41, 5.74) is 0.273. The molecule has 150 valence electrons. The first kappa shape index (κ1) is 19.1. The van der Waals surface area contributed by atoms with E-state index in [1.807, 2.05) is 61.5 Å². The van der Waals surface area contributed by atoms with Crippen molar-refractivity contribution in [2.24, 2.45) is 0 Å². The van der Waals surface area contributed by atoms with Gasteiger partial charge in [-0.3, -0.25) is 14.6 Å². The van der Waals surface area contributed by atoms with Crippen molar-refractivity contribution in [3.05, 3.63) is 101 Å². The van der Waals surface area contributed by atoms with Crippen LogP contribution in [0.4, 0.5) is 0 Å². The molecule has 2 N–H and O–H groups in total. The molecule has 0 spiro atoms. The summed E-state index contributed by atoms with van der Waals surface area (Å²) in [6.45, 7) is 1.84. The Hall–Kier alpha value is -4.20. The van der Waals surface area contributed by atoms with E-state index in [0.717, 1.165) is 11.3 Å². The highest BCUT2D eigenvalue weighted by Gasteiger charge is 2.16. The zero-order chi connectivity index (χ0) is 20.9. The van der Waals surface area contributed by atoms with E-state index in [9.17, 15) is 9.59 Å². The maximum Gasteiger partial charge on any atom is 0.265 e. The Morgan fingerprint density at radius 2 is 1.80 bits per heavy atom. The SMILES string of the molecule is C[C@H](NC(=O)c1cnc(-n2cccn2)[nH]c1=O)c1ccc(Oc2ccccc2)cc1. The molecule has 8 heteroatoms. The highest BCUT2D eigenvalue weighted by molar-refractivity contribution is 5.93. The van der Waals surface area contributed by atoms with E-state index in [-0.39, 0.29) is 17.6 Å². The Labute approximate surface area is 172 Å². The molecule has 0 aliphatic rings. The fourth-order valence-electron chi connectivity index (χ4n) is 2.86. The van der Waals surface area contributed by atoms with Gasteiger partial charge in [-0.2, -0.15) is 5.10 Å². The third kappa shape index (κ3) is 4.27. The number of nitrogens with zero attached hydrogens (tertiary/aromatic N) is 3. The average molecular weight is 401 g/mol. The topological polar surface area (TPSA) is 102 Å². The quantitative estimate of drug-likeness (QED) is 0.516. The van der Waals surface area contributed by atoms with Gasteiger partial charge in [-0.05, 0) is 42.8 Å². The maximum absolute atomic E-state index is 12.5. The van der Waals surface area contributed by atoms with Gasteiger partial charge in [0.2, 0.25) is 5.95 Å². The van der Waals surface area contributed by atoms with E-state index in [4.69, 9.17) is 4.74 Å². The number of nitrogens with one attached hydrogen (secondary N) is 2. The van der Waals surface area contributed by atoms with Crippen molar-refractivity contribution >= 4 is 5.91 Å². The summed E-state index contributed by atoms with van der Waals surface area (Å²) in [6.07, 6.45) is 4.46. The number of rotatable bonds is 6. The molecule has 1 amide bonds. The highest BCUT2D eigenvalue weighted by atomic mass is 16.5. The Kier molecular flexibility index (Phi) is 5.38. The molecule has 4 aromatic rings. The second-order valence-corrected chi connectivity index (χ2v) is 6.58. The molecule has 0 saturated carbocycles. The third-order valence-corrected chi connectivity index (χ3v) is 4.46. The minimum Gasteiger partial charge on any atom is -0.457 e. The van der Waals surface area contributed by atoms with Crippen molar-refractivity contribution in [1.29, 1.82) is 0 Å². The summed E-state index contributed by atoms with van der Waals surface area (Å²) >= 11 is 0. The fourth-order valence-corrected chi connectivity index (χ4v) is 2.86. The average Bonchev–Trinajstić information content (AvgIpc) is 3.30. The minimum atomic E-state index is -0.535. The summed E-state index contributed by atoms with van der Waals surface area (Å²) in [5, 5.41) is 6.81. The standard InChI is InChI=1S/C22H19N5O3/c1-15(16-8-10-18(11-9-16)30-17-6-3-2-4-7-17)25-20(28)19-14-23-22(26-21(19)29)27-13-5-12-24-27/h2-15H,1H3,(H,25,28)(H,23,26,29)/t15-/m0/s1. The number of benzene rings is 2. The van der Waals surface area contributed by atoms with Gasteiger partial charge in [-0.15, -0.1) is 0 Å². The van der Waals surface area contributed by atoms with Crippen LogP contribution in [0, 0.1) is 0 Å². The molecule has 8 nitrogen and oxygen atoms in total. The lowest BCUT2D eigenvalue weighted by atomic mass is 10.1. The summed E-state index contributed by atoms with van der Waals surface area (Å²) in [7, 11) is 0. The molecule has 30 heavy (non-hydrogen) atoms. The molecule has 1 atom stereocenters. The van der Waals surface area contributed by atoms with Crippen LogP contribution in [0.2, 0.25) is 0 Å². The van der Waals surface area contributed by atoms with Crippen LogP contribution in [0.5, 0.6) is 11.5 Å². The lowest BCUT2D eigenvalue weighted by Crippen LogP contribution is -2.32. The molecule has 0 fully saturated rings. The van der Waals surface area contributed by atoms with Crippen LogP contribution in [0.15, 0.2) is 84.0 Å². The van der Waals surface area contributed by atoms with E-state index in [1.165, 1.54) is 10.9 Å². The Balaban J connectivity index is 1.42. The summed E-state index contributed by atoms with van der Waals surface area (Å²) < 4.78 is 7.18. The van der Waals surface area contributed by atoms with Crippen LogP contribution in [-0.4, -0.2) is 25.7 Å². The van der Waals surface area contributed by atoms with E-state index in [1.54, 1.807) is 18.5 Å². The van der Waals surface area contributed by atoms with Crippen LogP contribution in [0.25, 0.3) is 5.95 Å². The van der Waals surface area contributed by atoms with Gasteiger partial charge in [0, 0.05) is 18.6 Å². The van der Waals surface area contributed by atoms with Crippen molar-refractivity contribution in [2.45, 2.75) is 13.0 Å². The van der Waals surface area contributed by atoms with Crippen molar-refractivity contribution < 1.29 is 9.53 Å². The lowest BCUT2D eigenvalue weighted by Gasteiger charge is -2.15. The van der Waals surface area contributed by atoms with Crippen molar-refractivity contribution in [3.8, 4) is 17.4 Å². The van der Waals surface area contributed by atoms with Gasteiger partial charge in [0.1, 0.15) is 17.1 Å². The van der Waals surface area contributed by atoms with Gasteiger partial charge < -0.3 is 10.1 Å². The first-order valence-electron chi connectivity index (χ1n) is 9.33. The molecule has 4 rings (SSSR count). The summed E-state index contributed by atoms with van der Waals surface area (Å²) in [5.74, 6) is 1.17. The number of amides is 1. The predicted octanol–water partition coefficient (Wildman–Crippen LogP) is 3.24. The number of carbonyl (C=O) groups excluding carboxylic acids is 1. The number of para-hydroxylation sites is 1. The van der Waals surface area contributed by atoms with E-state index < -0.39 is 11.5 Å². The molecule has 0 bridgehead atoms. The number of carbonyl (C=O) groups is 1. The number of hydrogen-bond acceptors (Lipinski definition) is 5. The second kappa shape index (κ2) is 8.44. The van der Waals surface area contributed by atoms with Gasteiger partial charge in [-0.25, -0.2) is 9.67 Å². The van der Waals surface area contributed by atoms with Crippen LogP contribution < -0.4 is 15.6 Å². The Morgan fingerprint density at radius 3 is 2.47 bits per heavy atom. The van der Waals surface area contributed by atoms with E-state index in [0.29, 0.717) is 5.75 Å². The smallest absolute Gasteiger partial charge is 0.265 e. The number of ether oxygens (including phenoxy) is 1. The molecular weight excluding hydrogens is 382 g/mol. The van der Waals surface area contributed by atoms with Crippen LogP contribution in [0.3, 0.4) is 0 Å². The molecule has 0 unspecified atom stereocenters. The zero-order valence-electron chi connectivity index (χ0n) is 16.1. The van der Waals surface area contributed by atoms with Gasteiger partial charge in [-0.1, -0.05) is 30.3 Å². The van der Waals surface area contributed by atoms with Crippen molar-refractivity contribution in [1.82, 2.24) is 25.1 Å². The first-order valence-corrected chi connectivity index (χ1v) is 9.33. The Morgan fingerprint density at radius 1 is 1.07 bits per heavy atom. The minimum absolute atomic E-state index is 0.0678. The molecule has 2 aromatic carbocycles. The predicted molar refractivity (Wildman–Crippen MR) is 111 cm³/mol. The number of aromatic amines is 1. The largest absolute Gasteiger partial charge is 0.457 e. The van der Waals surface area contributed by atoms with Gasteiger partial charge in [0.15, 0.2) is 0 Å². The number of hydrogen-bond donors (Lipinski definition) is 2. The first-order chi connectivity index (χ1) is 14.6. The normalized spacial score (nSPS) is 11.6. The summed E-state index contributed by atoms with van der Waals surface area (Å²) in [4.78, 5) is 31.5. The Bertz CT molecular complexity index is 1190. The zero-order valence-corrected chi connectivity index (χ0v) is 16.1. The monoisotopic (exact) mass is 401 g/mol. The molecule has 2 aromatic heterocycles. The maximum atomic E-state index is 12.5. The van der Waals surface area contributed by atoms with E-state index >= 15 is 0 Å². The molecular formula is C22H19N5O3. The van der Waals surface area contributed by atoms with Crippen LogP contribution in [-0.2, 0) is 0 Å². The van der Waals surface area contributed by atoms with Crippen molar-refractivity contribution in [3.63, 3.8) is 0 Å². The van der Waals surface area contributed by atoms with Gasteiger partial charge in [0.05, 0.1) is 6.04 Å². The van der Waals surface area contributed by atoms with Gasteiger partial charge in [0.25, 0.3) is 11.5 Å². The van der Waals surface area contributed by atoms with Gasteiger partial charge >= 0.3 is 0 Å². The van der Waals surface area contributed by atoms with Crippen molar-refractivity contribution in [2.75, 3.05) is 0 Å². The molecule has 0 aliphatic heterocycles. The fraction of sp³-hybridized carbons (Fsp3) is 0.0909. The number of H-pyrrole nitrogens is 1. The molecule has 0 radical (unpaired) electrons. The highest BCUT2D eigenvalue weighted by Crippen LogP contribution is 2.23. The number of aromatic nitrogens is 4. The summed E-state index contributed by atoms with van der Waals surface area (Å²) in [6, 6.07) is 18.3. The molecule has 0 saturated heterocycles. The van der Waals surface area contributed by atoms with Crippen LogP contribution >= 0.6 is 0 Å². The second-order valence-electron chi connectivity index (χ2n) is 6.58. The third-order valence-electron chi connectivity index (χ3n) is 4.46. The molecule has 0 aliphatic carbocycles.